The summed E-state index contributed by atoms with van der Waals surface area (Å²) in [6.07, 6.45) is 1.88. The maximum absolute atomic E-state index is 11.6. The SMILES string of the molecule is CNC(=O)COC(=O)c1ccccc1SC. The minimum Gasteiger partial charge on any atom is -0.452 e. The molecule has 0 aliphatic carbocycles. The van der Waals surface area contributed by atoms with Crippen LogP contribution in [0.25, 0.3) is 0 Å². The van der Waals surface area contributed by atoms with Gasteiger partial charge in [0, 0.05) is 11.9 Å². The van der Waals surface area contributed by atoms with Gasteiger partial charge in [-0.1, -0.05) is 12.1 Å². The fraction of sp³-hybridized carbons (Fsp3) is 0.273. The molecule has 0 aliphatic rings. The third-order valence-electron chi connectivity index (χ3n) is 1.94. The van der Waals surface area contributed by atoms with Crippen molar-refractivity contribution in [1.82, 2.24) is 5.32 Å². The molecule has 0 heterocycles. The highest BCUT2D eigenvalue weighted by Gasteiger charge is 2.12. The predicted molar refractivity (Wildman–Crippen MR) is 62.6 cm³/mol. The van der Waals surface area contributed by atoms with E-state index < -0.39 is 5.97 Å². The maximum Gasteiger partial charge on any atom is 0.339 e. The number of hydrogen-bond donors (Lipinski definition) is 1. The molecule has 1 N–H and O–H groups in total. The Bertz CT molecular complexity index is 393. The van der Waals surface area contributed by atoms with E-state index in [1.165, 1.54) is 18.8 Å². The van der Waals surface area contributed by atoms with Crippen LogP contribution in [0.3, 0.4) is 0 Å². The number of rotatable bonds is 4. The van der Waals surface area contributed by atoms with Crippen molar-refractivity contribution in [2.75, 3.05) is 19.9 Å². The normalized spacial score (nSPS) is 9.62. The molecule has 4 nitrogen and oxygen atoms in total. The van der Waals surface area contributed by atoms with Crippen LogP contribution in [-0.4, -0.2) is 31.8 Å². The molecule has 0 spiro atoms. The van der Waals surface area contributed by atoms with Crippen LogP contribution in [0.5, 0.6) is 0 Å². The Morgan fingerprint density at radius 3 is 2.69 bits per heavy atom. The highest BCUT2D eigenvalue weighted by molar-refractivity contribution is 7.98. The van der Waals surface area contributed by atoms with Gasteiger partial charge in [0.05, 0.1) is 5.56 Å². The van der Waals surface area contributed by atoms with Crippen LogP contribution in [0.2, 0.25) is 0 Å². The van der Waals surface area contributed by atoms with Crippen molar-refractivity contribution in [2.45, 2.75) is 4.90 Å². The van der Waals surface area contributed by atoms with Crippen molar-refractivity contribution in [1.29, 1.82) is 0 Å². The smallest absolute Gasteiger partial charge is 0.339 e. The van der Waals surface area contributed by atoms with Crippen molar-refractivity contribution < 1.29 is 14.3 Å². The fourth-order valence-electron chi connectivity index (χ4n) is 1.09. The van der Waals surface area contributed by atoms with Gasteiger partial charge in [-0.05, 0) is 18.4 Å². The van der Waals surface area contributed by atoms with Crippen LogP contribution in [-0.2, 0) is 9.53 Å². The van der Waals surface area contributed by atoms with E-state index in [0.29, 0.717) is 5.56 Å². The van der Waals surface area contributed by atoms with Crippen molar-refractivity contribution >= 4 is 23.6 Å². The number of likely N-dealkylation sites (N-methyl/N-ethyl adjacent to an activating group) is 1. The van der Waals surface area contributed by atoms with E-state index in [1.54, 1.807) is 12.1 Å². The first-order chi connectivity index (χ1) is 7.69. The highest BCUT2D eigenvalue weighted by Crippen LogP contribution is 2.20. The lowest BCUT2D eigenvalue weighted by Crippen LogP contribution is -2.25. The molecule has 0 saturated carbocycles. The Balaban J connectivity index is 2.69. The van der Waals surface area contributed by atoms with Gasteiger partial charge in [0.25, 0.3) is 5.91 Å². The van der Waals surface area contributed by atoms with Gasteiger partial charge in [-0.3, -0.25) is 4.79 Å². The van der Waals surface area contributed by atoms with Gasteiger partial charge in [-0.25, -0.2) is 4.79 Å². The molecule has 1 aromatic rings. The van der Waals surface area contributed by atoms with Crippen LogP contribution in [0, 0.1) is 0 Å². The number of esters is 1. The van der Waals surface area contributed by atoms with Gasteiger partial charge < -0.3 is 10.1 Å². The van der Waals surface area contributed by atoms with Crippen molar-refractivity contribution in [3.05, 3.63) is 29.8 Å². The fourth-order valence-corrected chi connectivity index (χ4v) is 1.68. The zero-order chi connectivity index (χ0) is 12.0. The summed E-state index contributed by atoms with van der Waals surface area (Å²) in [6, 6.07) is 7.12. The topological polar surface area (TPSA) is 55.4 Å². The van der Waals surface area contributed by atoms with E-state index >= 15 is 0 Å². The highest BCUT2D eigenvalue weighted by atomic mass is 32.2. The quantitative estimate of drug-likeness (QED) is 0.636. The molecule has 5 heteroatoms. The molecule has 0 radical (unpaired) electrons. The van der Waals surface area contributed by atoms with Gasteiger partial charge in [0.15, 0.2) is 6.61 Å². The largest absolute Gasteiger partial charge is 0.452 e. The van der Waals surface area contributed by atoms with Gasteiger partial charge in [0.2, 0.25) is 0 Å². The zero-order valence-electron chi connectivity index (χ0n) is 9.15. The second-order valence-electron chi connectivity index (χ2n) is 2.95. The summed E-state index contributed by atoms with van der Waals surface area (Å²) in [6.45, 7) is -0.252. The number of carbonyl (C=O) groups excluding carboxylic acids is 2. The number of ether oxygens (including phenoxy) is 1. The third-order valence-corrected chi connectivity index (χ3v) is 2.74. The van der Waals surface area contributed by atoms with Crippen LogP contribution < -0.4 is 5.32 Å². The minimum absolute atomic E-state index is 0.252. The Hall–Kier alpha value is -1.49. The minimum atomic E-state index is -0.478. The van der Waals surface area contributed by atoms with Crippen LogP contribution >= 0.6 is 11.8 Å². The molecule has 0 fully saturated rings. The van der Waals surface area contributed by atoms with E-state index in [2.05, 4.69) is 5.32 Å². The molecule has 86 valence electrons. The van der Waals surface area contributed by atoms with Crippen molar-refractivity contribution in [3.63, 3.8) is 0 Å². The van der Waals surface area contributed by atoms with Crippen LogP contribution in [0.4, 0.5) is 0 Å². The number of thioether (sulfide) groups is 1. The summed E-state index contributed by atoms with van der Waals surface area (Å²) >= 11 is 1.46. The summed E-state index contributed by atoms with van der Waals surface area (Å²) in [5, 5.41) is 2.38. The number of carbonyl (C=O) groups is 2. The average molecular weight is 239 g/mol. The molecule has 0 bridgehead atoms. The monoisotopic (exact) mass is 239 g/mol. The van der Waals surface area contributed by atoms with E-state index in [0.717, 1.165) is 4.90 Å². The second-order valence-corrected chi connectivity index (χ2v) is 3.80. The first-order valence-corrected chi connectivity index (χ1v) is 5.92. The predicted octanol–water partition coefficient (Wildman–Crippen LogP) is 1.31. The number of amides is 1. The number of hydrogen-bond acceptors (Lipinski definition) is 4. The lowest BCUT2D eigenvalue weighted by molar-refractivity contribution is -0.123. The molecule has 16 heavy (non-hydrogen) atoms. The molecule has 0 aliphatic heterocycles. The molecular weight excluding hydrogens is 226 g/mol. The van der Waals surface area contributed by atoms with Gasteiger partial charge in [0.1, 0.15) is 0 Å². The molecule has 0 aromatic heterocycles. The van der Waals surface area contributed by atoms with E-state index in [9.17, 15) is 9.59 Å². The Morgan fingerprint density at radius 1 is 1.38 bits per heavy atom. The van der Waals surface area contributed by atoms with Crippen molar-refractivity contribution in [2.24, 2.45) is 0 Å². The zero-order valence-corrected chi connectivity index (χ0v) is 9.97. The van der Waals surface area contributed by atoms with Gasteiger partial charge >= 0.3 is 5.97 Å². The average Bonchev–Trinajstić information content (AvgIpc) is 2.35. The maximum atomic E-state index is 11.6. The van der Waals surface area contributed by atoms with Gasteiger partial charge in [-0.15, -0.1) is 11.8 Å². The third kappa shape index (κ3) is 3.27. The lowest BCUT2D eigenvalue weighted by atomic mass is 10.2. The number of benzene rings is 1. The van der Waals surface area contributed by atoms with Crippen LogP contribution in [0.15, 0.2) is 29.2 Å². The summed E-state index contributed by atoms with van der Waals surface area (Å²) in [5.74, 6) is -0.802. The van der Waals surface area contributed by atoms with Gasteiger partial charge in [-0.2, -0.15) is 0 Å². The molecule has 1 rings (SSSR count). The Morgan fingerprint density at radius 2 is 2.06 bits per heavy atom. The molecule has 0 saturated heterocycles. The Kier molecular flexibility index (Phi) is 4.85. The molecular formula is C11H13NO3S. The van der Waals surface area contributed by atoms with E-state index in [1.807, 2.05) is 18.4 Å². The second kappa shape index (κ2) is 6.17. The first kappa shape index (κ1) is 12.6. The summed E-state index contributed by atoms with van der Waals surface area (Å²) in [5.41, 5.74) is 0.485. The number of nitrogens with one attached hydrogen (secondary N) is 1. The van der Waals surface area contributed by atoms with E-state index in [-0.39, 0.29) is 12.5 Å². The van der Waals surface area contributed by atoms with Crippen molar-refractivity contribution in [3.8, 4) is 0 Å². The summed E-state index contributed by atoms with van der Waals surface area (Å²) < 4.78 is 4.86. The summed E-state index contributed by atoms with van der Waals surface area (Å²) in [4.78, 5) is 23.4. The van der Waals surface area contributed by atoms with Crippen LogP contribution in [0.1, 0.15) is 10.4 Å². The lowest BCUT2D eigenvalue weighted by Gasteiger charge is -2.06. The Labute approximate surface area is 98.4 Å². The molecule has 0 unspecified atom stereocenters. The molecule has 0 atom stereocenters. The van der Waals surface area contributed by atoms with E-state index in [4.69, 9.17) is 4.74 Å². The first-order valence-electron chi connectivity index (χ1n) is 4.69. The molecule has 1 amide bonds. The standard InChI is InChI=1S/C11H13NO3S/c1-12-10(13)7-15-11(14)8-5-3-4-6-9(8)16-2/h3-6H,7H2,1-2H3,(H,12,13). The summed E-state index contributed by atoms with van der Waals surface area (Å²) in [7, 11) is 1.49. The molecule has 1 aromatic carbocycles.